The van der Waals surface area contributed by atoms with Gasteiger partial charge in [0.05, 0.1) is 4.90 Å². The number of nitrogens with one attached hydrogen (secondary N) is 1. The number of piperidine rings is 1. The highest BCUT2D eigenvalue weighted by Gasteiger charge is 2.27. The average molecular weight is 433 g/mol. The fourth-order valence-electron chi connectivity index (χ4n) is 3.17. The molecule has 1 aliphatic rings. The number of sulfonamides is 1. The summed E-state index contributed by atoms with van der Waals surface area (Å²) in [5.74, 6) is 0.386. The molecule has 1 amide bonds. The fraction of sp³-hybridized carbons (Fsp3) is 0.333. The summed E-state index contributed by atoms with van der Waals surface area (Å²) in [5.41, 5.74) is 0.875. The number of hydrogen-bond donors (Lipinski definition) is 1. The number of likely N-dealkylation sites (tertiary alicyclic amines) is 1. The molecule has 11 heteroatoms. The molecule has 9 nitrogen and oxygen atoms in total. The quantitative estimate of drug-likeness (QED) is 0.630. The predicted octanol–water partition coefficient (Wildman–Crippen LogP) is 1.37. The van der Waals surface area contributed by atoms with E-state index in [4.69, 9.17) is 0 Å². The second-order valence-electron chi connectivity index (χ2n) is 6.74. The van der Waals surface area contributed by atoms with Crippen molar-refractivity contribution in [2.45, 2.75) is 30.3 Å². The van der Waals surface area contributed by atoms with Crippen molar-refractivity contribution < 1.29 is 13.2 Å². The molecule has 29 heavy (non-hydrogen) atoms. The smallest absolute Gasteiger partial charge is 0.246 e. The highest BCUT2D eigenvalue weighted by molar-refractivity contribution is 7.89. The Bertz CT molecular complexity index is 1060. The van der Waals surface area contributed by atoms with E-state index >= 15 is 0 Å². The summed E-state index contributed by atoms with van der Waals surface area (Å²) in [6, 6.07) is 9.99. The molecule has 0 atom stereocenters. The monoisotopic (exact) mass is 432 g/mol. The van der Waals surface area contributed by atoms with E-state index in [1.807, 2.05) is 16.8 Å². The molecular weight excluding hydrogens is 412 g/mol. The lowest BCUT2D eigenvalue weighted by molar-refractivity contribution is -0.133. The van der Waals surface area contributed by atoms with Crippen LogP contribution in [0, 0.1) is 0 Å². The summed E-state index contributed by atoms with van der Waals surface area (Å²) in [7, 11) is -3.55. The first-order valence-corrected chi connectivity index (χ1v) is 11.6. The maximum absolute atomic E-state index is 12.5. The molecule has 4 rings (SSSR count). The SMILES string of the molecule is O=C(Cn1nnc(-c2ccsc2)n1)N1CCC(NS(=O)(=O)c2ccccc2)CC1. The van der Waals surface area contributed by atoms with E-state index in [1.165, 1.54) is 4.80 Å². The van der Waals surface area contributed by atoms with E-state index in [0.717, 1.165) is 5.56 Å². The number of thiophene rings is 1. The van der Waals surface area contributed by atoms with Gasteiger partial charge in [-0.15, -0.1) is 10.2 Å². The van der Waals surface area contributed by atoms with E-state index in [0.29, 0.717) is 31.8 Å². The molecule has 3 aromatic rings. The predicted molar refractivity (Wildman–Crippen MR) is 107 cm³/mol. The van der Waals surface area contributed by atoms with Crippen molar-refractivity contribution in [2.75, 3.05) is 13.1 Å². The molecule has 1 saturated heterocycles. The molecule has 1 aliphatic heterocycles. The Balaban J connectivity index is 1.30. The van der Waals surface area contributed by atoms with Crippen LogP contribution < -0.4 is 4.72 Å². The van der Waals surface area contributed by atoms with E-state index in [-0.39, 0.29) is 23.4 Å². The molecule has 0 unspecified atom stereocenters. The largest absolute Gasteiger partial charge is 0.341 e. The van der Waals surface area contributed by atoms with Crippen LogP contribution >= 0.6 is 11.3 Å². The zero-order valence-electron chi connectivity index (χ0n) is 15.5. The molecule has 1 fully saturated rings. The van der Waals surface area contributed by atoms with E-state index in [1.54, 1.807) is 46.6 Å². The van der Waals surface area contributed by atoms with Crippen LogP contribution in [0.4, 0.5) is 0 Å². The van der Waals surface area contributed by atoms with E-state index in [2.05, 4.69) is 20.1 Å². The first-order chi connectivity index (χ1) is 14.0. The van der Waals surface area contributed by atoms with Crippen molar-refractivity contribution in [1.29, 1.82) is 0 Å². The van der Waals surface area contributed by atoms with Gasteiger partial charge >= 0.3 is 0 Å². The Hall–Kier alpha value is -2.63. The van der Waals surface area contributed by atoms with Crippen molar-refractivity contribution in [3.05, 3.63) is 47.2 Å². The van der Waals surface area contributed by atoms with Gasteiger partial charge in [-0.1, -0.05) is 18.2 Å². The lowest BCUT2D eigenvalue weighted by Crippen LogP contribution is -2.47. The van der Waals surface area contributed by atoms with Gasteiger partial charge in [-0.2, -0.15) is 16.1 Å². The van der Waals surface area contributed by atoms with Gasteiger partial charge in [0.25, 0.3) is 0 Å². The summed E-state index contributed by atoms with van der Waals surface area (Å²) in [4.78, 5) is 15.8. The van der Waals surface area contributed by atoms with Gasteiger partial charge in [-0.05, 0) is 41.6 Å². The highest BCUT2D eigenvalue weighted by atomic mass is 32.2. The summed E-state index contributed by atoms with van der Waals surface area (Å²) < 4.78 is 27.6. The van der Waals surface area contributed by atoms with Crippen LogP contribution in [0.1, 0.15) is 12.8 Å². The zero-order chi connectivity index (χ0) is 20.3. The number of aromatic nitrogens is 4. The van der Waals surface area contributed by atoms with Crippen LogP contribution in [0.2, 0.25) is 0 Å². The minimum atomic E-state index is -3.55. The standard InChI is InChI=1S/C18H20N6O3S2/c25-17(12-24-20-18(19-22-24)14-8-11-28-13-14)23-9-6-15(7-10-23)21-29(26,27)16-4-2-1-3-5-16/h1-5,8,11,13,15,21H,6-7,9-10,12H2. The Kier molecular flexibility index (Phi) is 5.69. The molecule has 3 heterocycles. The minimum Gasteiger partial charge on any atom is -0.341 e. The van der Waals surface area contributed by atoms with Crippen molar-refractivity contribution >= 4 is 27.3 Å². The Morgan fingerprint density at radius 3 is 2.62 bits per heavy atom. The number of nitrogens with zero attached hydrogens (tertiary/aromatic N) is 5. The molecule has 0 spiro atoms. The third-order valence-corrected chi connectivity index (χ3v) is 6.95. The van der Waals surface area contributed by atoms with Gasteiger partial charge in [0.15, 0.2) is 0 Å². The molecule has 1 aromatic carbocycles. The van der Waals surface area contributed by atoms with Crippen LogP contribution in [-0.2, 0) is 21.4 Å². The number of hydrogen-bond acceptors (Lipinski definition) is 7. The molecule has 2 aromatic heterocycles. The van der Waals surface area contributed by atoms with Crippen molar-refractivity contribution in [1.82, 2.24) is 29.8 Å². The van der Waals surface area contributed by atoms with Gasteiger partial charge < -0.3 is 4.90 Å². The highest BCUT2D eigenvalue weighted by Crippen LogP contribution is 2.17. The Labute approximate surface area is 172 Å². The van der Waals surface area contributed by atoms with Crippen LogP contribution in [0.3, 0.4) is 0 Å². The van der Waals surface area contributed by atoms with Gasteiger partial charge in [0, 0.05) is 30.1 Å². The lowest BCUT2D eigenvalue weighted by atomic mass is 10.1. The van der Waals surface area contributed by atoms with Gasteiger partial charge in [-0.3, -0.25) is 4.79 Å². The molecule has 152 valence electrons. The maximum atomic E-state index is 12.5. The second kappa shape index (κ2) is 8.39. The molecule has 0 aliphatic carbocycles. The first-order valence-electron chi connectivity index (χ1n) is 9.17. The zero-order valence-corrected chi connectivity index (χ0v) is 17.1. The van der Waals surface area contributed by atoms with Crippen LogP contribution in [0.15, 0.2) is 52.1 Å². The van der Waals surface area contributed by atoms with E-state index < -0.39 is 10.0 Å². The van der Waals surface area contributed by atoms with Gasteiger partial charge in [-0.25, -0.2) is 13.1 Å². The van der Waals surface area contributed by atoms with Crippen molar-refractivity contribution in [2.24, 2.45) is 0 Å². The number of carbonyl (C=O) groups is 1. The molecule has 1 N–H and O–H groups in total. The number of benzene rings is 1. The minimum absolute atomic E-state index is 0.0115. The topological polar surface area (TPSA) is 110 Å². The second-order valence-corrected chi connectivity index (χ2v) is 9.24. The third-order valence-electron chi connectivity index (χ3n) is 4.73. The van der Waals surface area contributed by atoms with Crippen LogP contribution in [0.25, 0.3) is 11.4 Å². The maximum Gasteiger partial charge on any atom is 0.246 e. The Morgan fingerprint density at radius 2 is 1.93 bits per heavy atom. The summed E-state index contributed by atoms with van der Waals surface area (Å²) in [6.45, 7) is 0.970. The average Bonchev–Trinajstić information content (AvgIpc) is 3.41. The summed E-state index contributed by atoms with van der Waals surface area (Å²) in [5, 5.41) is 16.0. The van der Waals surface area contributed by atoms with Gasteiger partial charge in [0.2, 0.25) is 21.8 Å². The number of amides is 1. The van der Waals surface area contributed by atoms with E-state index in [9.17, 15) is 13.2 Å². The molecule has 0 bridgehead atoms. The molecular formula is C18H20N6O3S2. The van der Waals surface area contributed by atoms with Crippen molar-refractivity contribution in [3.63, 3.8) is 0 Å². The lowest BCUT2D eigenvalue weighted by Gasteiger charge is -2.32. The molecule has 0 saturated carbocycles. The number of carbonyl (C=O) groups excluding carboxylic acids is 1. The normalized spacial score (nSPS) is 15.5. The fourth-order valence-corrected chi connectivity index (χ4v) is 5.13. The first kappa shape index (κ1) is 19.7. The summed E-state index contributed by atoms with van der Waals surface area (Å²) in [6.07, 6.45) is 1.12. The number of tetrazole rings is 1. The van der Waals surface area contributed by atoms with Crippen LogP contribution in [-0.4, -0.2) is 58.6 Å². The Morgan fingerprint density at radius 1 is 1.17 bits per heavy atom. The molecule has 0 radical (unpaired) electrons. The number of rotatable bonds is 6. The third kappa shape index (κ3) is 4.69. The van der Waals surface area contributed by atoms with Crippen molar-refractivity contribution in [3.8, 4) is 11.4 Å². The van der Waals surface area contributed by atoms with Gasteiger partial charge in [0.1, 0.15) is 6.54 Å². The summed E-state index contributed by atoms with van der Waals surface area (Å²) >= 11 is 1.54. The van der Waals surface area contributed by atoms with Crippen LogP contribution in [0.5, 0.6) is 0 Å².